The van der Waals surface area contributed by atoms with Crippen molar-refractivity contribution in [2.45, 2.75) is 58.1 Å². The van der Waals surface area contributed by atoms with Gasteiger partial charge in [0, 0.05) is 32.2 Å². The highest BCUT2D eigenvalue weighted by Gasteiger charge is 2.30. The molecule has 0 N–H and O–H groups in total. The molecule has 0 spiro atoms. The Morgan fingerprint density at radius 2 is 1.70 bits per heavy atom. The van der Waals surface area contributed by atoms with Gasteiger partial charge in [0.05, 0.1) is 0 Å². The number of hydrogen-bond donors (Lipinski definition) is 0. The van der Waals surface area contributed by atoms with Crippen LogP contribution in [0.25, 0.3) is 0 Å². The summed E-state index contributed by atoms with van der Waals surface area (Å²) < 4.78 is 5.43. The maximum Gasteiger partial charge on any atom is 0.410 e. The molecule has 2 saturated heterocycles. The molecule has 0 radical (unpaired) electrons. The molecule has 0 bridgehead atoms. The first kappa shape index (κ1) is 15.4. The third-order valence-corrected chi connectivity index (χ3v) is 4.14. The fraction of sp³-hybridized carbons (Fsp3) is 0.812. The van der Waals surface area contributed by atoms with Crippen molar-refractivity contribution in [3.05, 3.63) is 12.2 Å². The summed E-state index contributed by atoms with van der Waals surface area (Å²) in [5, 5.41) is 0. The highest BCUT2D eigenvalue weighted by atomic mass is 16.6. The number of ether oxygens (including phenoxy) is 1. The van der Waals surface area contributed by atoms with Crippen molar-refractivity contribution < 1.29 is 9.53 Å². The van der Waals surface area contributed by atoms with Crippen LogP contribution in [0.3, 0.4) is 0 Å². The molecule has 2 fully saturated rings. The predicted octanol–water partition coefficient (Wildman–Crippen LogP) is 3.04. The van der Waals surface area contributed by atoms with E-state index in [0.29, 0.717) is 6.04 Å². The van der Waals surface area contributed by atoms with Gasteiger partial charge in [0.15, 0.2) is 0 Å². The molecule has 114 valence electrons. The van der Waals surface area contributed by atoms with E-state index in [2.05, 4.69) is 11.5 Å². The van der Waals surface area contributed by atoms with Gasteiger partial charge in [-0.15, -0.1) is 0 Å². The smallest absolute Gasteiger partial charge is 0.410 e. The van der Waals surface area contributed by atoms with Crippen molar-refractivity contribution in [3.8, 4) is 0 Å². The Morgan fingerprint density at radius 3 is 2.20 bits per heavy atom. The second kappa shape index (κ2) is 6.17. The minimum Gasteiger partial charge on any atom is -0.444 e. The second-order valence-corrected chi connectivity index (χ2v) is 6.98. The molecule has 0 saturated carbocycles. The number of amides is 1. The number of carbonyl (C=O) groups excluding carboxylic acids is 1. The second-order valence-electron chi connectivity index (χ2n) is 6.98. The summed E-state index contributed by atoms with van der Waals surface area (Å²) in [6.07, 6.45) is 4.22. The van der Waals surface area contributed by atoms with Gasteiger partial charge in [-0.2, -0.15) is 0 Å². The number of rotatable bonds is 1. The molecule has 0 aliphatic carbocycles. The predicted molar refractivity (Wildman–Crippen MR) is 80.8 cm³/mol. The van der Waals surface area contributed by atoms with Gasteiger partial charge < -0.3 is 9.64 Å². The first-order valence-corrected chi connectivity index (χ1v) is 7.74. The zero-order chi connectivity index (χ0) is 14.8. The van der Waals surface area contributed by atoms with Crippen molar-refractivity contribution in [3.63, 3.8) is 0 Å². The van der Waals surface area contributed by atoms with Gasteiger partial charge in [0.2, 0.25) is 0 Å². The molecule has 0 atom stereocenters. The topological polar surface area (TPSA) is 32.8 Å². The first-order valence-electron chi connectivity index (χ1n) is 7.74. The fourth-order valence-electron chi connectivity index (χ4n) is 2.95. The Balaban J connectivity index is 1.77. The molecule has 0 aromatic heterocycles. The lowest BCUT2D eigenvalue weighted by atomic mass is 9.98. The molecule has 4 nitrogen and oxygen atoms in total. The molecule has 1 amide bonds. The highest BCUT2D eigenvalue weighted by molar-refractivity contribution is 5.68. The third kappa shape index (κ3) is 4.23. The molecule has 2 aliphatic heterocycles. The summed E-state index contributed by atoms with van der Waals surface area (Å²) in [5.41, 5.74) is 0.980. The molecule has 4 heteroatoms. The summed E-state index contributed by atoms with van der Waals surface area (Å²) in [7, 11) is 0. The van der Waals surface area contributed by atoms with Gasteiger partial charge in [-0.3, -0.25) is 4.90 Å². The first-order chi connectivity index (χ1) is 9.35. The molecular weight excluding hydrogens is 252 g/mol. The van der Waals surface area contributed by atoms with Gasteiger partial charge in [0.25, 0.3) is 0 Å². The summed E-state index contributed by atoms with van der Waals surface area (Å²) in [4.78, 5) is 16.4. The largest absolute Gasteiger partial charge is 0.444 e. The van der Waals surface area contributed by atoms with E-state index in [1.54, 1.807) is 0 Å². The molecular formula is C16H28N2O2. The maximum absolute atomic E-state index is 12.0. The van der Waals surface area contributed by atoms with E-state index in [1.807, 2.05) is 25.7 Å². The van der Waals surface area contributed by atoms with Crippen LogP contribution in [0, 0.1) is 0 Å². The average Bonchev–Trinajstić information content (AvgIpc) is 2.38. The van der Waals surface area contributed by atoms with E-state index in [1.165, 1.54) is 5.57 Å². The van der Waals surface area contributed by atoms with Crippen molar-refractivity contribution in [2.75, 3.05) is 26.2 Å². The van der Waals surface area contributed by atoms with Gasteiger partial charge in [0.1, 0.15) is 5.60 Å². The molecule has 0 aromatic carbocycles. The molecule has 2 rings (SSSR count). The van der Waals surface area contributed by atoms with Crippen LogP contribution in [0.2, 0.25) is 0 Å². The van der Waals surface area contributed by atoms with E-state index in [0.717, 1.165) is 51.9 Å². The maximum atomic E-state index is 12.0. The van der Waals surface area contributed by atoms with Crippen molar-refractivity contribution in [1.82, 2.24) is 9.80 Å². The normalized spacial score (nSPS) is 22.9. The Hall–Kier alpha value is -1.03. The van der Waals surface area contributed by atoms with E-state index in [9.17, 15) is 4.79 Å². The van der Waals surface area contributed by atoms with Crippen molar-refractivity contribution in [2.24, 2.45) is 0 Å². The standard InChI is InChI=1S/C16H28N2O2/c1-13-5-9-17(10-6-13)14-7-11-18(12-8-14)15(19)20-16(2,3)4/h14H,1,5-12H2,2-4H3. The summed E-state index contributed by atoms with van der Waals surface area (Å²) in [5.74, 6) is 0. The van der Waals surface area contributed by atoms with Crippen LogP contribution in [0.5, 0.6) is 0 Å². The minimum atomic E-state index is -0.402. The number of likely N-dealkylation sites (tertiary alicyclic amines) is 2. The van der Waals surface area contributed by atoms with Gasteiger partial charge in [-0.25, -0.2) is 4.79 Å². The van der Waals surface area contributed by atoms with E-state index in [4.69, 9.17) is 4.74 Å². The van der Waals surface area contributed by atoms with Gasteiger partial charge in [-0.05, 0) is 46.5 Å². The van der Waals surface area contributed by atoms with Crippen LogP contribution in [-0.2, 0) is 4.74 Å². The summed E-state index contributed by atoms with van der Waals surface area (Å²) in [6, 6.07) is 0.627. The molecule has 20 heavy (non-hydrogen) atoms. The number of nitrogens with zero attached hydrogens (tertiary/aromatic N) is 2. The quantitative estimate of drug-likeness (QED) is 0.692. The lowest BCUT2D eigenvalue weighted by Gasteiger charge is -2.40. The Labute approximate surface area is 122 Å². The lowest BCUT2D eigenvalue weighted by molar-refractivity contribution is 0.0138. The van der Waals surface area contributed by atoms with E-state index in [-0.39, 0.29) is 6.09 Å². The third-order valence-electron chi connectivity index (χ3n) is 4.14. The van der Waals surface area contributed by atoms with Crippen LogP contribution < -0.4 is 0 Å². The number of carbonyl (C=O) groups is 1. The Morgan fingerprint density at radius 1 is 1.15 bits per heavy atom. The summed E-state index contributed by atoms with van der Waals surface area (Å²) in [6.45, 7) is 13.7. The van der Waals surface area contributed by atoms with Crippen molar-refractivity contribution in [1.29, 1.82) is 0 Å². The van der Waals surface area contributed by atoms with E-state index < -0.39 is 5.60 Å². The van der Waals surface area contributed by atoms with Crippen molar-refractivity contribution >= 4 is 6.09 Å². The molecule has 0 aromatic rings. The zero-order valence-electron chi connectivity index (χ0n) is 13.2. The monoisotopic (exact) mass is 280 g/mol. The van der Waals surface area contributed by atoms with Crippen LogP contribution >= 0.6 is 0 Å². The van der Waals surface area contributed by atoms with Crippen LogP contribution in [-0.4, -0.2) is 53.7 Å². The number of piperidine rings is 2. The van der Waals surface area contributed by atoms with Crippen LogP contribution in [0.15, 0.2) is 12.2 Å². The van der Waals surface area contributed by atoms with Crippen LogP contribution in [0.4, 0.5) is 4.79 Å². The SMILES string of the molecule is C=C1CCN(C2CCN(C(=O)OC(C)(C)C)CC2)CC1. The van der Waals surface area contributed by atoms with Crippen LogP contribution in [0.1, 0.15) is 46.5 Å². The minimum absolute atomic E-state index is 0.164. The molecule has 0 unspecified atom stereocenters. The highest BCUT2D eigenvalue weighted by Crippen LogP contribution is 2.23. The Kier molecular flexibility index (Phi) is 4.74. The Bertz CT molecular complexity index is 355. The zero-order valence-corrected chi connectivity index (χ0v) is 13.2. The molecule has 2 heterocycles. The average molecular weight is 280 g/mol. The van der Waals surface area contributed by atoms with Gasteiger partial charge in [-0.1, -0.05) is 12.2 Å². The molecule has 2 aliphatic rings. The lowest BCUT2D eigenvalue weighted by Crippen LogP contribution is -2.49. The summed E-state index contributed by atoms with van der Waals surface area (Å²) >= 11 is 0. The van der Waals surface area contributed by atoms with E-state index >= 15 is 0 Å². The fourth-order valence-corrected chi connectivity index (χ4v) is 2.95. The number of hydrogen-bond acceptors (Lipinski definition) is 3. The van der Waals surface area contributed by atoms with Gasteiger partial charge >= 0.3 is 6.09 Å².